The highest BCUT2D eigenvalue weighted by Gasteiger charge is 2.33. The fourth-order valence-corrected chi connectivity index (χ4v) is 4.19. The first-order valence-corrected chi connectivity index (χ1v) is 8.97. The Bertz CT molecular complexity index is 671. The van der Waals surface area contributed by atoms with Crippen LogP contribution in [0.2, 0.25) is 5.02 Å². The normalized spacial score (nSPS) is 18.8. The van der Waals surface area contributed by atoms with Crippen LogP contribution in [0.3, 0.4) is 0 Å². The molecule has 0 radical (unpaired) electrons. The number of sulfonamides is 1. The Morgan fingerprint density at radius 3 is 2.43 bits per heavy atom. The van der Waals surface area contributed by atoms with Gasteiger partial charge in [0.15, 0.2) is 0 Å². The van der Waals surface area contributed by atoms with Crippen LogP contribution in [-0.4, -0.2) is 28.1 Å². The molecule has 4 nitrogen and oxygen atoms in total. The van der Waals surface area contributed by atoms with Crippen LogP contribution in [0.25, 0.3) is 0 Å². The zero-order valence-electron chi connectivity index (χ0n) is 12.5. The second-order valence-corrected chi connectivity index (χ2v) is 8.17. The minimum absolute atomic E-state index is 0.184. The van der Waals surface area contributed by atoms with Gasteiger partial charge in [0.25, 0.3) is 0 Å². The molecule has 2 N–H and O–H groups in total. The molecule has 130 valence electrons. The van der Waals surface area contributed by atoms with E-state index in [1.807, 2.05) is 6.92 Å². The van der Waals surface area contributed by atoms with E-state index in [1.165, 1.54) is 0 Å². The number of piperidine rings is 1. The third-order valence-electron chi connectivity index (χ3n) is 4.05. The fraction of sp³-hybridized carbons (Fsp3) is 0.571. The monoisotopic (exact) mass is 370 g/mol. The van der Waals surface area contributed by atoms with Gasteiger partial charge in [0.05, 0.1) is 10.6 Å². The number of benzene rings is 1. The zero-order valence-corrected chi connectivity index (χ0v) is 14.1. The van der Waals surface area contributed by atoms with Gasteiger partial charge in [-0.1, -0.05) is 18.5 Å². The maximum absolute atomic E-state index is 12.6. The van der Waals surface area contributed by atoms with Crippen LogP contribution in [0.1, 0.15) is 25.3 Å². The predicted molar refractivity (Wildman–Crippen MR) is 81.9 cm³/mol. The number of rotatable bonds is 4. The minimum atomic E-state index is -4.57. The summed E-state index contributed by atoms with van der Waals surface area (Å²) < 4.78 is 64.9. The molecule has 0 atom stereocenters. The lowest BCUT2D eigenvalue weighted by Gasteiger charge is -2.34. The summed E-state index contributed by atoms with van der Waals surface area (Å²) >= 11 is 5.75. The molecule has 2 rings (SSSR count). The third kappa shape index (κ3) is 4.59. The van der Waals surface area contributed by atoms with Gasteiger partial charge in [-0.2, -0.15) is 13.2 Å². The van der Waals surface area contributed by atoms with Gasteiger partial charge in [0, 0.05) is 6.54 Å². The molecular weight excluding hydrogens is 353 g/mol. The van der Waals surface area contributed by atoms with E-state index in [1.54, 1.807) is 0 Å². The summed E-state index contributed by atoms with van der Waals surface area (Å²) in [6.07, 6.45) is -2.94. The lowest BCUT2D eigenvalue weighted by atomic mass is 9.81. The largest absolute Gasteiger partial charge is 0.416 e. The maximum atomic E-state index is 12.6. The summed E-state index contributed by atoms with van der Waals surface area (Å²) in [5, 5.41) is 2.75. The Labute approximate surface area is 138 Å². The Morgan fingerprint density at radius 1 is 1.30 bits per heavy atom. The molecule has 0 unspecified atom stereocenters. The smallest absolute Gasteiger partial charge is 0.317 e. The van der Waals surface area contributed by atoms with E-state index in [9.17, 15) is 21.6 Å². The number of halogens is 4. The van der Waals surface area contributed by atoms with Crippen LogP contribution in [0.5, 0.6) is 0 Å². The molecule has 0 aliphatic carbocycles. The van der Waals surface area contributed by atoms with Gasteiger partial charge in [-0.05, 0) is 49.5 Å². The van der Waals surface area contributed by atoms with Gasteiger partial charge in [-0.15, -0.1) is 0 Å². The molecular formula is C14H18ClF3N2O2S. The summed E-state index contributed by atoms with van der Waals surface area (Å²) in [6.45, 7) is 3.80. The summed E-state index contributed by atoms with van der Waals surface area (Å²) in [6, 6.07) is 2.23. The van der Waals surface area contributed by atoms with Crippen molar-refractivity contribution < 1.29 is 21.6 Å². The van der Waals surface area contributed by atoms with Crippen LogP contribution in [0.4, 0.5) is 13.2 Å². The van der Waals surface area contributed by atoms with E-state index < -0.39 is 26.8 Å². The van der Waals surface area contributed by atoms with E-state index in [4.69, 9.17) is 11.6 Å². The molecule has 1 saturated heterocycles. The maximum Gasteiger partial charge on any atom is 0.416 e. The average Bonchev–Trinajstić information content (AvgIpc) is 2.45. The fourth-order valence-electron chi connectivity index (χ4n) is 2.45. The van der Waals surface area contributed by atoms with Gasteiger partial charge in [-0.25, -0.2) is 13.1 Å². The summed E-state index contributed by atoms with van der Waals surface area (Å²) in [5.41, 5.74) is -1.16. The first-order chi connectivity index (χ1) is 10.5. The van der Waals surface area contributed by atoms with Crippen molar-refractivity contribution >= 4 is 21.6 Å². The van der Waals surface area contributed by atoms with Crippen molar-refractivity contribution in [1.82, 2.24) is 10.0 Å². The number of alkyl halides is 3. The average molecular weight is 371 g/mol. The van der Waals surface area contributed by atoms with Crippen LogP contribution in [0.15, 0.2) is 23.1 Å². The van der Waals surface area contributed by atoms with E-state index in [0.29, 0.717) is 12.1 Å². The van der Waals surface area contributed by atoms with E-state index >= 15 is 0 Å². The summed E-state index contributed by atoms with van der Waals surface area (Å²) in [7, 11) is -3.96. The van der Waals surface area contributed by atoms with Crippen molar-refractivity contribution in [2.75, 3.05) is 19.6 Å². The standard InChI is InChI=1S/C14H18ClF3N2O2S/c1-13(4-6-19-7-5-13)9-20-23(21,22)12-3-2-10(8-11(12)15)14(16,17)18/h2-3,8,19-20H,4-7,9H2,1H3. The molecule has 0 aromatic heterocycles. The highest BCUT2D eigenvalue weighted by atomic mass is 35.5. The van der Waals surface area contributed by atoms with E-state index in [0.717, 1.165) is 32.0 Å². The molecule has 1 heterocycles. The lowest BCUT2D eigenvalue weighted by molar-refractivity contribution is -0.137. The number of nitrogens with one attached hydrogen (secondary N) is 2. The summed E-state index contributed by atoms with van der Waals surface area (Å²) in [5.74, 6) is 0. The van der Waals surface area contributed by atoms with Crippen molar-refractivity contribution in [2.45, 2.75) is 30.8 Å². The molecule has 0 saturated carbocycles. The van der Waals surface area contributed by atoms with Crippen molar-refractivity contribution in [3.8, 4) is 0 Å². The third-order valence-corrected chi connectivity index (χ3v) is 5.93. The van der Waals surface area contributed by atoms with Gasteiger partial charge in [-0.3, -0.25) is 0 Å². The molecule has 9 heteroatoms. The molecule has 1 aliphatic rings. The second-order valence-electron chi connectivity index (χ2n) is 6.03. The molecule has 1 aromatic carbocycles. The van der Waals surface area contributed by atoms with Crippen LogP contribution in [-0.2, 0) is 16.2 Å². The van der Waals surface area contributed by atoms with Gasteiger partial charge in [0.2, 0.25) is 10.0 Å². The molecule has 0 amide bonds. The Hall–Kier alpha value is -0.830. The molecule has 1 aromatic rings. The topological polar surface area (TPSA) is 58.2 Å². The lowest BCUT2D eigenvalue weighted by Crippen LogP contribution is -2.42. The quantitative estimate of drug-likeness (QED) is 0.856. The Kier molecular flexibility index (Phi) is 5.30. The van der Waals surface area contributed by atoms with Crippen LogP contribution in [0, 0.1) is 5.41 Å². The van der Waals surface area contributed by atoms with Gasteiger partial charge >= 0.3 is 6.18 Å². The van der Waals surface area contributed by atoms with Crippen LogP contribution < -0.4 is 10.0 Å². The molecule has 0 bridgehead atoms. The highest BCUT2D eigenvalue weighted by molar-refractivity contribution is 7.89. The first-order valence-electron chi connectivity index (χ1n) is 7.11. The molecule has 0 spiro atoms. The van der Waals surface area contributed by atoms with Gasteiger partial charge in [0.1, 0.15) is 4.90 Å². The highest BCUT2D eigenvalue weighted by Crippen LogP contribution is 2.34. The Morgan fingerprint density at radius 2 is 1.91 bits per heavy atom. The molecule has 23 heavy (non-hydrogen) atoms. The molecule has 1 aliphatic heterocycles. The van der Waals surface area contributed by atoms with Crippen molar-refractivity contribution in [1.29, 1.82) is 0 Å². The van der Waals surface area contributed by atoms with Crippen molar-refractivity contribution in [3.63, 3.8) is 0 Å². The molecule has 1 fully saturated rings. The number of hydrogen-bond donors (Lipinski definition) is 2. The summed E-state index contributed by atoms with van der Waals surface area (Å²) in [4.78, 5) is -0.343. The minimum Gasteiger partial charge on any atom is -0.317 e. The van der Waals surface area contributed by atoms with Gasteiger partial charge < -0.3 is 5.32 Å². The van der Waals surface area contributed by atoms with Crippen molar-refractivity contribution in [3.05, 3.63) is 28.8 Å². The van der Waals surface area contributed by atoms with E-state index in [2.05, 4.69) is 10.0 Å². The van der Waals surface area contributed by atoms with E-state index in [-0.39, 0.29) is 16.9 Å². The number of hydrogen-bond acceptors (Lipinski definition) is 3. The Balaban J connectivity index is 2.16. The van der Waals surface area contributed by atoms with Crippen LogP contribution >= 0.6 is 11.6 Å². The zero-order chi connectivity index (χ0) is 17.3. The SMILES string of the molecule is CC1(CNS(=O)(=O)c2ccc(C(F)(F)F)cc2Cl)CCNCC1. The van der Waals surface area contributed by atoms with Crippen molar-refractivity contribution in [2.24, 2.45) is 5.41 Å². The first kappa shape index (κ1) is 18.5. The second kappa shape index (κ2) is 6.58. The predicted octanol–water partition coefficient (Wildman–Crippen LogP) is 3.03.